The number of benzene rings is 1. The molecule has 1 atom stereocenters. The molecule has 1 N–H and O–H groups in total. The van der Waals surface area contributed by atoms with Crippen LogP contribution in [0, 0.1) is 6.92 Å². The molecular weight excluding hydrogens is 300 g/mol. The first-order chi connectivity index (χ1) is 10.3. The van der Waals surface area contributed by atoms with Crippen molar-refractivity contribution >= 4 is 9.84 Å². The van der Waals surface area contributed by atoms with Crippen molar-refractivity contribution in [3.05, 3.63) is 70.2 Å². The molecule has 2 aromatic rings. The second-order valence-corrected chi connectivity index (χ2v) is 7.14. The van der Waals surface area contributed by atoms with Gasteiger partial charge in [-0.1, -0.05) is 17.7 Å². The van der Waals surface area contributed by atoms with Gasteiger partial charge in [-0.25, -0.2) is 8.42 Å². The van der Waals surface area contributed by atoms with Crippen molar-refractivity contribution in [1.82, 2.24) is 0 Å². The fourth-order valence-electron chi connectivity index (χ4n) is 1.95. The van der Waals surface area contributed by atoms with Gasteiger partial charge in [0, 0.05) is 0 Å². The lowest BCUT2D eigenvalue weighted by Crippen LogP contribution is -2.12. The maximum absolute atomic E-state index is 12.8. The minimum Gasteiger partial charge on any atom is -0.466 e. The SMILES string of the molecule is CC(C)=C=C(C(O)c1ccco1)S(=O)(=O)c1ccc(C)cc1. The number of hydrogen-bond acceptors (Lipinski definition) is 4. The van der Waals surface area contributed by atoms with Crippen molar-refractivity contribution in [2.45, 2.75) is 31.8 Å². The Labute approximate surface area is 130 Å². The second-order valence-electron chi connectivity index (χ2n) is 5.22. The fourth-order valence-corrected chi connectivity index (χ4v) is 3.45. The summed E-state index contributed by atoms with van der Waals surface area (Å²) >= 11 is 0. The molecule has 116 valence electrons. The molecule has 0 saturated carbocycles. The predicted octanol–water partition coefficient (Wildman–Crippen LogP) is 3.54. The third kappa shape index (κ3) is 3.39. The molecule has 0 bridgehead atoms. The van der Waals surface area contributed by atoms with Gasteiger partial charge in [-0.2, -0.15) is 0 Å². The largest absolute Gasteiger partial charge is 0.466 e. The number of sulfone groups is 1. The van der Waals surface area contributed by atoms with Gasteiger partial charge in [-0.05, 0) is 50.6 Å². The Bertz CT molecular complexity index is 802. The molecule has 1 aromatic carbocycles. The van der Waals surface area contributed by atoms with Gasteiger partial charge in [0.05, 0.1) is 11.2 Å². The summed E-state index contributed by atoms with van der Waals surface area (Å²) in [4.78, 5) is -0.0984. The number of aliphatic hydroxyl groups is 1. The number of rotatable bonds is 4. The normalized spacial score (nSPS) is 12.5. The average molecular weight is 318 g/mol. The maximum atomic E-state index is 12.8. The molecule has 0 spiro atoms. The second kappa shape index (κ2) is 6.36. The van der Waals surface area contributed by atoms with Gasteiger partial charge in [0.2, 0.25) is 9.84 Å². The molecule has 0 saturated heterocycles. The molecule has 0 amide bonds. The van der Waals surface area contributed by atoms with Crippen LogP contribution in [-0.2, 0) is 9.84 Å². The quantitative estimate of drug-likeness (QED) is 0.876. The minimum absolute atomic E-state index is 0.118. The lowest BCUT2D eigenvalue weighted by molar-refractivity contribution is 0.192. The van der Waals surface area contributed by atoms with Crippen LogP contribution in [0.3, 0.4) is 0 Å². The van der Waals surface area contributed by atoms with E-state index >= 15 is 0 Å². The maximum Gasteiger partial charge on any atom is 0.213 e. The Morgan fingerprint density at radius 3 is 2.32 bits per heavy atom. The van der Waals surface area contributed by atoms with Crippen LogP contribution in [0.4, 0.5) is 0 Å². The van der Waals surface area contributed by atoms with Crippen LogP contribution in [-0.4, -0.2) is 13.5 Å². The predicted molar refractivity (Wildman–Crippen MR) is 83.9 cm³/mol. The Balaban J connectivity index is 2.60. The topological polar surface area (TPSA) is 67.5 Å². The van der Waals surface area contributed by atoms with Crippen LogP contribution in [0.15, 0.2) is 68.2 Å². The van der Waals surface area contributed by atoms with E-state index in [1.54, 1.807) is 32.0 Å². The molecule has 4 nitrogen and oxygen atoms in total. The van der Waals surface area contributed by atoms with Crippen LogP contribution in [0.5, 0.6) is 0 Å². The first kappa shape index (κ1) is 16.3. The summed E-state index contributed by atoms with van der Waals surface area (Å²) in [5.74, 6) is 0.166. The van der Waals surface area contributed by atoms with Gasteiger partial charge >= 0.3 is 0 Å². The standard InChI is InChI=1S/C17H18O4S/c1-12(2)11-16(17(18)15-5-4-10-21-15)22(19,20)14-8-6-13(3)7-9-14/h4-10,17-18H,1-3H3. The van der Waals surface area contributed by atoms with Gasteiger partial charge in [0.15, 0.2) is 6.10 Å². The minimum atomic E-state index is -3.86. The zero-order valence-electron chi connectivity index (χ0n) is 12.7. The average Bonchev–Trinajstić information content (AvgIpc) is 2.98. The van der Waals surface area contributed by atoms with E-state index in [0.717, 1.165) is 5.56 Å². The summed E-state index contributed by atoms with van der Waals surface area (Å²) < 4.78 is 30.7. The van der Waals surface area contributed by atoms with E-state index < -0.39 is 15.9 Å². The number of aliphatic hydroxyl groups excluding tert-OH is 1. The summed E-state index contributed by atoms with van der Waals surface area (Å²) in [5, 5.41) is 10.4. The summed E-state index contributed by atoms with van der Waals surface area (Å²) in [5.41, 5.74) is 4.36. The molecule has 0 aliphatic heterocycles. The monoisotopic (exact) mass is 318 g/mol. The highest BCUT2D eigenvalue weighted by atomic mass is 32.2. The molecule has 5 heteroatoms. The summed E-state index contributed by atoms with van der Waals surface area (Å²) in [6, 6.07) is 9.59. The van der Waals surface area contributed by atoms with Crippen LogP contribution in [0.25, 0.3) is 0 Å². The Morgan fingerprint density at radius 2 is 1.82 bits per heavy atom. The Hall–Kier alpha value is -2.07. The first-order valence-electron chi connectivity index (χ1n) is 6.79. The van der Waals surface area contributed by atoms with Crippen molar-refractivity contribution in [1.29, 1.82) is 0 Å². The molecular formula is C17H18O4S. The van der Waals surface area contributed by atoms with Gasteiger partial charge < -0.3 is 9.52 Å². The van der Waals surface area contributed by atoms with Crippen LogP contribution in [0.1, 0.15) is 31.3 Å². The van der Waals surface area contributed by atoms with E-state index in [2.05, 4.69) is 5.73 Å². The van der Waals surface area contributed by atoms with Crippen molar-refractivity contribution in [3.8, 4) is 0 Å². The number of aryl methyl sites for hydroxylation is 1. The fraction of sp³-hybridized carbons (Fsp3) is 0.235. The van der Waals surface area contributed by atoms with Crippen LogP contribution < -0.4 is 0 Å². The van der Waals surface area contributed by atoms with Gasteiger partial charge in [0.25, 0.3) is 0 Å². The van der Waals surface area contributed by atoms with Gasteiger partial charge in [-0.15, -0.1) is 5.73 Å². The number of furan rings is 1. The zero-order valence-corrected chi connectivity index (χ0v) is 13.5. The third-order valence-electron chi connectivity index (χ3n) is 3.06. The van der Waals surface area contributed by atoms with E-state index in [-0.39, 0.29) is 15.6 Å². The molecule has 0 aliphatic rings. The third-order valence-corrected chi connectivity index (χ3v) is 4.85. The zero-order chi connectivity index (χ0) is 16.3. The lowest BCUT2D eigenvalue weighted by atomic mass is 10.2. The highest BCUT2D eigenvalue weighted by Crippen LogP contribution is 2.30. The summed E-state index contributed by atoms with van der Waals surface area (Å²) in [6.07, 6.45) is -0.00631. The molecule has 0 fully saturated rings. The Kier molecular flexibility index (Phi) is 4.71. The highest BCUT2D eigenvalue weighted by molar-refractivity contribution is 7.95. The van der Waals surface area contributed by atoms with Gasteiger partial charge in [0.1, 0.15) is 10.7 Å². The van der Waals surface area contributed by atoms with Crippen molar-refractivity contribution in [2.24, 2.45) is 0 Å². The van der Waals surface area contributed by atoms with E-state index in [0.29, 0.717) is 5.57 Å². The van der Waals surface area contributed by atoms with Crippen molar-refractivity contribution < 1.29 is 17.9 Å². The highest BCUT2D eigenvalue weighted by Gasteiger charge is 2.29. The van der Waals surface area contributed by atoms with E-state index in [1.807, 2.05) is 6.92 Å². The molecule has 0 aliphatic carbocycles. The van der Waals surface area contributed by atoms with Crippen LogP contribution in [0.2, 0.25) is 0 Å². The van der Waals surface area contributed by atoms with E-state index in [1.165, 1.54) is 24.5 Å². The van der Waals surface area contributed by atoms with E-state index in [9.17, 15) is 13.5 Å². The number of hydrogen-bond donors (Lipinski definition) is 1. The molecule has 2 rings (SSSR count). The molecule has 1 aromatic heterocycles. The van der Waals surface area contributed by atoms with Crippen LogP contribution >= 0.6 is 0 Å². The summed E-state index contributed by atoms with van der Waals surface area (Å²) in [6.45, 7) is 5.32. The smallest absolute Gasteiger partial charge is 0.213 e. The molecule has 1 unspecified atom stereocenters. The van der Waals surface area contributed by atoms with Crippen molar-refractivity contribution in [2.75, 3.05) is 0 Å². The molecule has 22 heavy (non-hydrogen) atoms. The first-order valence-corrected chi connectivity index (χ1v) is 8.28. The summed E-state index contributed by atoms with van der Waals surface area (Å²) in [7, 11) is -3.86. The molecule has 1 heterocycles. The lowest BCUT2D eigenvalue weighted by Gasteiger charge is -2.12. The van der Waals surface area contributed by atoms with Crippen molar-refractivity contribution in [3.63, 3.8) is 0 Å². The van der Waals surface area contributed by atoms with Gasteiger partial charge in [-0.3, -0.25) is 0 Å². The molecule has 0 radical (unpaired) electrons. The van der Waals surface area contributed by atoms with E-state index in [4.69, 9.17) is 4.42 Å². The Morgan fingerprint density at radius 1 is 1.18 bits per heavy atom.